The van der Waals surface area contributed by atoms with Crippen LogP contribution in [0.3, 0.4) is 0 Å². The van der Waals surface area contributed by atoms with Crippen LogP contribution in [0.1, 0.15) is 303 Å². The molecule has 0 saturated carbocycles. The Morgan fingerprint density at radius 1 is 0.271 bits per heavy atom. The summed E-state index contributed by atoms with van der Waals surface area (Å²) in [4.78, 5) is 37.9. The second-order valence-corrected chi connectivity index (χ2v) is 18.2. The number of rotatable bonds is 49. The Morgan fingerprint density at radius 2 is 0.458 bits per heavy atom. The molecule has 0 aromatic heterocycles. The first kappa shape index (κ1) is 57.4. The Morgan fingerprint density at radius 3 is 0.678 bits per heavy atom. The molecule has 0 amide bonds. The van der Waals surface area contributed by atoms with Crippen molar-refractivity contribution >= 4 is 17.9 Å². The lowest BCUT2D eigenvalue weighted by atomic mass is 10.0. The molecule has 1 atom stereocenters. The van der Waals surface area contributed by atoms with Crippen LogP contribution in [0.4, 0.5) is 0 Å². The van der Waals surface area contributed by atoms with Gasteiger partial charge in [0.15, 0.2) is 6.10 Å². The minimum absolute atomic E-state index is 0.0618. The van der Waals surface area contributed by atoms with Crippen molar-refractivity contribution < 1.29 is 28.6 Å². The summed E-state index contributed by atoms with van der Waals surface area (Å²) in [6, 6.07) is 0. The molecule has 0 aromatic rings. The highest BCUT2D eigenvalue weighted by atomic mass is 16.6. The molecule has 0 bridgehead atoms. The van der Waals surface area contributed by atoms with E-state index in [1.807, 2.05) is 0 Å². The van der Waals surface area contributed by atoms with E-state index in [1.54, 1.807) is 0 Å². The van der Waals surface area contributed by atoms with Gasteiger partial charge in [0, 0.05) is 19.3 Å². The first-order valence-electron chi connectivity index (χ1n) is 26.5. The van der Waals surface area contributed by atoms with Crippen LogP contribution in [-0.4, -0.2) is 37.2 Å². The Labute approximate surface area is 368 Å². The monoisotopic (exact) mass is 835 g/mol. The molecule has 0 radical (unpaired) electrons. The number of carbonyl (C=O) groups excluding carboxylic acids is 3. The summed E-state index contributed by atoms with van der Waals surface area (Å²) in [7, 11) is 0. The normalized spacial score (nSPS) is 11.8. The molecule has 0 rings (SSSR count). The van der Waals surface area contributed by atoms with E-state index in [-0.39, 0.29) is 31.1 Å². The van der Waals surface area contributed by atoms with E-state index in [1.165, 1.54) is 205 Å². The predicted molar refractivity (Wildman–Crippen MR) is 252 cm³/mol. The summed E-state index contributed by atoms with van der Waals surface area (Å²) in [5.41, 5.74) is 0. The fourth-order valence-electron chi connectivity index (χ4n) is 8.09. The molecule has 350 valence electrons. The van der Waals surface area contributed by atoms with E-state index < -0.39 is 6.10 Å². The number of ether oxygens (including phenoxy) is 3. The molecule has 0 fully saturated rings. The molecule has 6 nitrogen and oxygen atoms in total. The smallest absolute Gasteiger partial charge is 0.306 e. The zero-order valence-corrected chi connectivity index (χ0v) is 40.1. The quantitative estimate of drug-likeness (QED) is 0.0345. The summed E-state index contributed by atoms with van der Waals surface area (Å²) in [5.74, 6) is -0.842. The highest BCUT2D eigenvalue weighted by Crippen LogP contribution is 2.17. The number of hydrogen-bond acceptors (Lipinski definition) is 6. The maximum atomic E-state index is 12.8. The van der Waals surface area contributed by atoms with Crippen molar-refractivity contribution in [3.8, 4) is 0 Å². The average molecular weight is 835 g/mol. The van der Waals surface area contributed by atoms with E-state index in [4.69, 9.17) is 14.2 Å². The SMILES string of the molecule is CCCCCCCCCCCCCCCCCCCC(=O)O[C@H](COC(=O)CCCCCCCCCCC)COC(=O)CCCCCCCCCCCCCCCCC. The third kappa shape index (κ3) is 47.3. The molecule has 0 heterocycles. The summed E-state index contributed by atoms with van der Waals surface area (Å²) in [6.07, 6.45) is 52.3. The van der Waals surface area contributed by atoms with Crippen molar-refractivity contribution in [3.05, 3.63) is 0 Å². The molecule has 0 unspecified atom stereocenters. The maximum Gasteiger partial charge on any atom is 0.306 e. The minimum Gasteiger partial charge on any atom is -0.462 e. The molecular weight excluding hydrogens is 733 g/mol. The predicted octanol–water partition coefficient (Wildman–Crippen LogP) is 17.2. The number of carbonyl (C=O) groups is 3. The van der Waals surface area contributed by atoms with Crippen molar-refractivity contribution in [2.45, 2.75) is 309 Å². The fraction of sp³-hybridized carbons (Fsp3) is 0.943. The molecular formula is C53H102O6. The first-order valence-corrected chi connectivity index (χ1v) is 26.5. The van der Waals surface area contributed by atoms with Crippen LogP contribution < -0.4 is 0 Å². The van der Waals surface area contributed by atoms with Gasteiger partial charge in [-0.15, -0.1) is 0 Å². The summed E-state index contributed by atoms with van der Waals surface area (Å²) < 4.78 is 16.8. The van der Waals surface area contributed by atoms with Crippen molar-refractivity contribution in [2.24, 2.45) is 0 Å². The largest absolute Gasteiger partial charge is 0.462 e. The highest BCUT2D eigenvalue weighted by Gasteiger charge is 2.19. The molecule has 6 heteroatoms. The van der Waals surface area contributed by atoms with Crippen molar-refractivity contribution in [2.75, 3.05) is 13.2 Å². The van der Waals surface area contributed by atoms with E-state index in [2.05, 4.69) is 20.8 Å². The van der Waals surface area contributed by atoms with Crippen molar-refractivity contribution in [3.63, 3.8) is 0 Å². The van der Waals surface area contributed by atoms with Crippen LogP contribution in [0.5, 0.6) is 0 Å². The van der Waals surface area contributed by atoms with Gasteiger partial charge >= 0.3 is 17.9 Å². The molecule has 0 spiro atoms. The van der Waals surface area contributed by atoms with Gasteiger partial charge < -0.3 is 14.2 Å². The lowest BCUT2D eigenvalue weighted by molar-refractivity contribution is -0.167. The third-order valence-electron chi connectivity index (χ3n) is 12.1. The standard InChI is InChI=1S/C53H102O6/c1-4-7-10-13-16-19-21-23-25-26-28-30-32-35-38-41-44-47-53(56)59-50(48-57-51(54)45-42-39-36-33-18-15-12-9-6-3)49-58-52(55)46-43-40-37-34-31-29-27-24-22-20-17-14-11-8-5-2/h50H,4-49H2,1-3H3/t50-/m1/s1. The molecule has 0 aliphatic carbocycles. The van der Waals surface area contributed by atoms with E-state index in [9.17, 15) is 14.4 Å². The fourth-order valence-corrected chi connectivity index (χ4v) is 8.09. The zero-order valence-electron chi connectivity index (χ0n) is 40.1. The van der Waals surface area contributed by atoms with Gasteiger partial charge in [-0.1, -0.05) is 265 Å². The van der Waals surface area contributed by atoms with Crippen LogP contribution in [0.25, 0.3) is 0 Å². The van der Waals surface area contributed by atoms with E-state index in [0.29, 0.717) is 19.3 Å². The van der Waals surface area contributed by atoms with E-state index in [0.717, 1.165) is 57.8 Å². The Balaban J connectivity index is 4.24. The summed E-state index contributed by atoms with van der Waals surface area (Å²) >= 11 is 0. The highest BCUT2D eigenvalue weighted by molar-refractivity contribution is 5.71. The van der Waals surface area contributed by atoms with Gasteiger partial charge in [0.25, 0.3) is 0 Å². The molecule has 0 aromatic carbocycles. The van der Waals surface area contributed by atoms with Gasteiger partial charge in [0.2, 0.25) is 0 Å². The number of hydrogen-bond donors (Lipinski definition) is 0. The van der Waals surface area contributed by atoms with E-state index >= 15 is 0 Å². The molecule has 0 aliphatic rings. The second-order valence-electron chi connectivity index (χ2n) is 18.2. The minimum atomic E-state index is -0.759. The van der Waals surface area contributed by atoms with Crippen LogP contribution in [0, 0.1) is 0 Å². The maximum absolute atomic E-state index is 12.8. The van der Waals surface area contributed by atoms with Gasteiger partial charge in [-0.2, -0.15) is 0 Å². The summed E-state index contributed by atoms with van der Waals surface area (Å²) in [5, 5.41) is 0. The lowest BCUT2D eigenvalue weighted by Gasteiger charge is -2.18. The molecule has 59 heavy (non-hydrogen) atoms. The topological polar surface area (TPSA) is 78.9 Å². The molecule has 0 aliphatic heterocycles. The Bertz CT molecular complexity index is 874. The Hall–Kier alpha value is -1.59. The Kier molecular flexibility index (Phi) is 47.7. The van der Waals surface area contributed by atoms with Gasteiger partial charge in [0.1, 0.15) is 13.2 Å². The molecule has 0 N–H and O–H groups in total. The summed E-state index contributed by atoms with van der Waals surface area (Å²) in [6.45, 7) is 6.67. The average Bonchev–Trinajstić information content (AvgIpc) is 3.23. The zero-order chi connectivity index (χ0) is 43.0. The van der Waals surface area contributed by atoms with Gasteiger partial charge in [-0.05, 0) is 19.3 Å². The second kappa shape index (κ2) is 49.1. The van der Waals surface area contributed by atoms with Crippen LogP contribution >= 0.6 is 0 Å². The van der Waals surface area contributed by atoms with Crippen molar-refractivity contribution in [1.82, 2.24) is 0 Å². The van der Waals surface area contributed by atoms with Crippen LogP contribution in [0.15, 0.2) is 0 Å². The number of unbranched alkanes of at least 4 members (excludes halogenated alkanes) is 38. The van der Waals surface area contributed by atoms with Crippen LogP contribution in [0.2, 0.25) is 0 Å². The number of esters is 3. The lowest BCUT2D eigenvalue weighted by Crippen LogP contribution is -2.30. The van der Waals surface area contributed by atoms with Gasteiger partial charge in [-0.25, -0.2) is 0 Å². The van der Waals surface area contributed by atoms with Gasteiger partial charge in [-0.3, -0.25) is 14.4 Å². The van der Waals surface area contributed by atoms with Gasteiger partial charge in [0.05, 0.1) is 0 Å². The molecule has 0 saturated heterocycles. The third-order valence-corrected chi connectivity index (χ3v) is 12.1. The first-order chi connectivity index (χ1) is 29.0. The van der Waals surface area contributed by atoms with Crippen molar-refractivity contribution in [1.29, 1.82) is 0 Å². The van der Waals surface area contributed by atoms with Crippen LogP contribution in [-0.2, 0) is 28.6 Å².